The maximum absolute atomic E-state index is 5.72. The first kappa shape index (κ1) is 11.7. The van der Waals surface area contributed by atoms with Crippen LogP contribution in [-0.2, 0) is 0 Å². The second-order valence-corrected chi connectivity index (χ2v) is 4.41. The first-order chi connectivity index (χ1) is 8.00. The second kappa shape index (κ2) is 4.25. The maximum Gasteiger partial charge on any atom is 0.148 e. The van der Waals surface area contributed by atoms with Crippen molar-refractivity contribution < 1.29 is 0 Å². The fourth-order valence-electron chi connectivity index (χ4n) is 1.63. The van der Waals surface area contributed by atoms with Crippen LogP contribution < -0.4 is 5.73 Å². The summed E-state index contributed by atoms with van der Waals surface area (Å²) < 4.78 is 1.91. The van der Waals surface area contributed by atoms with Crippen LogP contribution in [0.5, 0.6) is 0 Å². The zero-order valence-corrected chi connectivity index (χ0v) is 10.9. The predicted molar refractivity (Wildman–Crippen MR) is 71.5 cm³/mol. The maximum atomic E-state index is 5.72. The molecule has 0 fully saturated rings. The molecule has 2 rings (SSSR count). The van der Waals surface area contributed by atoms with E-state index < -0.39 is 0 Å². The summed E-state index contributed by atoms with van der Waals surface area (Å²) in [5.41, 5.74) is 9.42. The molecule has 0 aliphatic carbocycles. The van der Waals surface area contributed by atoms with Gasteiger partial charge in [-0.2, -0.15) is 0 Å². The molecule has 0 saturated heterocycles. The number of hydrogen-bond donors (Lipinski definition) is 1. The number of nitrogens with two attached hydrogens (primary N) is 1. The molecular weight excluding hydrogens is 232 g/mol. The third kappa shape index (κ3) is 2.06. The zero-order chi connectivity index (χ0) is 12.6. The molecule has 0 amide bonds. The standard InChI is InChI=1S/C12H14N4S/c1-7-4-5-10(11(13)17)12(15-7)16-6-14-8(2)9(16)3/h4-6H,1-3H3,(H2,13,17). The number of pyridine rings is 1. The highest BCUT2D eigenvalue weighted by molar-refractivity contribution is 7.80. The van der Waals surface area contributed by atoms with Gasteiger partial charge in [0.05, 0.1) is 11.3 Å². The largest absolute Gasteiger partial charge is 0.389 e. The van der Waals surface area contributed by atoms with Gasteiger partial charge in [0, 0.05) is 11.4 Å². The van der Waals surface area contributed by atoms with Crippen molar-refractivity contribution in [3.8, 4) is 5.82 Å². The van der Waals surface area contributed by atoms with Crippen LogP contribution in [0.4, 0.5) is 0 Å². The summed E-state index contributed by atoms with van der Waals surface area (Å²) in [4.78, 5) is 9.10. The molecule has 0 unspecified atom stereocenters. The zero-order valence-electron chi connectivity index (χ0n) is 10.1. The third-order valence-corrected chi connectivity index (χ3v) is 2.98. The van der Waals surface area contributed by atoms with Crippen LogP contribution in [0.25, 0.3) is 5.82 Å². The van der Waals surface area contributed by atoms with E-state index in [4.69, 9.17) is 18.0 Å². The Morgan fingerprint density at radius 1 is 1.29 bits per heavy atom. The molecule has 0 saturated carbocycles. The fraction of sp³-hybridized carbons (Fsp3) is 0.250. The summed E-state index contributed by atoms with van der Waals surface area (Å²) in [5.74, 6) is 0.746. The minimum Gasteiger partial charge on any atom is -0.389 e. The van der Waals surface area contributed by atoms with E-state index in [-0.39, 0.29) is 0 Å². The van der Waals surface area contributed by atoms with E-state index in [1.165, 1.54) is 0 Å². The number of rotatable bonds is 2. The van der Waals surface area contributed by atoms with Crippen LogP contribution in [0, 0.1) is 20.8 Å². The molecule has 2 aromatic rings. The molecule has 0 aromatic carbocycles. The van der Waals surface area contributed by atoms with Crippen LogP contribution in [0.15, 0.2) is 18.5 Å². The number of nitrogens with zero attached hydrogens (tertiary/aromatic N) is 3. The predicted octanol–water partition coefficient (Wildman–Crippen LogP) is 1.83. The van der Waals surface area contributed by atoms with Crippen LogP contribution in [0.1, 0.15) is 22.6 Å². The number of aromatic nitrogens is 3. The lowest BCUT2D eigenvalue weighted by Gasteiger charge is -2.10. The summed E-state index contributed by atoms with van der Waals surface area (Å²) in [5, 5.41) is 0. The highest BCUT2D eigenvalue weighted by atomic mass is 32.1. The molecule has 88 valence electrons. The first-order valence-corrected chi connectivity index (χ1v) is 5.70. The van der Waals surface area contributed by atoms with Crippen LogP contribution in [0.2, 0.25) is 0 Å². The van der Waals surface area contributed by atoms with Gasteiger partial charge in [-0.3, -0.25) is 4.57 Å². The summed E-state index contributed by atoms with van der Waals surface area (Å²) in [6.07, 6.45) is 1.74. The van der Waals surface area contributed by atoms with Gasteiger partial charge in [0.1, 0.15) is 17.1 Å². The highest BCUT2D eigenvalue weighted by Gasteiger charge is 2.12. The number of aryl methyl sites for hydroxylation is 2. The van der Waals surface area contributed by atoms with E-state index in [1.54, 1.807) is 6.33 Å². The Morgan fingerprint density at radius 3 is 2.53 bits per heavy atom. The lowest BCUT2D eigenvalue weighted by molar-refractivity contribution is 0.934. The van der Waals surface area contributed by atoms with E-state index in [9.17, 15) is 0 Å². The molecule has 0 spiro atoms. The molecular formula is C12H14N4S. The van der Waals surface area contributed by atoms with Crippen LogP contribution >= 0.6 is 12.2 Å². The van der Waals surface area contributed by atoms with Gasteiger partial charge in [-0.15, -0.1) is 0 Å². The van der Waals surface area contributed by atoms with Gasteiger partial charge in [0.15, 0.2) is 0 Å². The summed E-state index contributed by atoms with van der Waals surface area (Å²) in [7, 11) is 0. The Balaban J connectivity index is 2.69. The SMILES string of the molecule is Cc1ccc(C(N)=S)c(-n2cnc(C)c2C)n1. The van der Waals surface area contributed by atoms with Crippen LogP contribution in [-0.4, -0.2) is 19.5 Å². The molecule has 0 bridgehead atoms. The smallest absolute Gasteiger partial charge is 0.148 e. The van der Waals surface area contributed by atoms with Crippen molar-refractivity contribution in [2.75, 3.05) is 0 Å². The van der Waals surface area contributed by atoms with Gasteiger partial charge in [-0.1, -0.05) is 12.2 Å². The van der Waals surface area contributed by atoms with Crippen molar-refractivity contribution in [2.45, 2.75) is 20.8 Å². The van der Waals surface area contributed by atoms with E-state index >= 15 is 0 Å². The third-order valence-electron chi connectivity index (χ3n) is 2.76. The molecule has 2 aromatic heterocycles. The molecule has 2 heterocycles. The van der Waals surface area contributed by atoms with Crippen molar-refractivity contribution in [3.05, 3.63) is 41.1 Å². The van der Waals surface area contributed by atoms with Crippen molar-refractivity contribution >= 4 is 17.2 Å². The Morgan fingerprint density at radius 2 is 2.00 bits per heavy atom. The molecule has 17 heavy (non-hydrogen) atoms. The van der Waals surface area contributed by atoms with Gasteiger partial charge < -0.3 is 5.73 Å². The number of hydrogen-bond acceptors (Lipinski definition) is 3. The van der Waals surface area contributed by atoms with Crippen molar-refractivity contribution in [3.63, 3.8) is 0 Å². The summed E-state index contributed by atoms with van der Waals surface area (Å²) in [6.45, 7) is 5.89. The minimum absolute atomic E-state index is 0.346. The van der Waals surface area contributed by atoms with E-state index in [0.717, 1.165) is 28.5 Å². The normalized spacial score (nSPS) is 10.5. The molecule has 4 nitrogen and oxygen atoms in total. The van der Waals surface area contributed by atoms with Gasteiger partial charge in [-0.25, -0.2) is 9.97 Å². The fourth-order valence-corrected chi connectivity index (χ4v) is 1.79. The molecule has 2 N–H and O–H groups in total. The summed E-state index contributed by atoms with van der Waals surface area (Å²) >= 11 is 5.05. The van der Waals surface area contributed by atoms with Gasteiger partial charge >= 0.3 is 0 Å². The average molecular weight is 246 g/mol. The van der Waals surface area contributed by atoms with Gasteiger partial charge in [-0.05, 0) is 32.9 Å². The molecule has 0 atom stereocenters. The van der Waals surface area contributed by atoms with Gasteiger partial charge in [0.2, 0.25) is 0 Å². The first-order valence-electron chi connectivity index (χ1n) is 5.29. The van der Waals surface area contributed by atoms with Crippen LogP contribution in [0.3, 0.4) is 0 Å². The molecule has 5 heteroatoms. The van der Waals surface area contributed by atoms with Crippen molar-refractivity contribution in [2.24, 2.45) is 5.73 Å². The molecule has 0 aliphatic rings. The quantitative estimate of drug-likeness (QED) is 0.821. The minimum atomic E-state index is 0.346. The van der Waals surface area contributed by atoms with Crippen molar-refractivity contribution in [1.29, 1.82) is 0 Å². The lowest BCUT2D eigenvalue weighted by atomic mass is 10.2. The Kier molecular flexibility index (Phi) is 2.93. The van der Waals surface area contributed by atoms with Gasteiger partial charge in [0.25, 0.3) is 0 Å². The number of imidazole rings is 1. The average Bonchev–Trinajstić information content (AvgIpc) is 2.59. The Labute approximate surface area is 106 Å². The highest BCUT2D eigenvalue weighted by Crippen LogP contribution is 2.16. The number of thiocarbonyl (C=S) groups is 1. The van der Waals surface area contributed by atoms with E-state index in [1.807, 2.05) is 37.5 Å². The molecule has 0 radical (unpaired) electrons. The molecule has 0 aliphatic heterocycles. The Hall–Kier alpha value is -1.75. The van der Waals surface area contributed by atoms with E-state index in [2.05, 4.69) is 9.97 Å². The van der Waals surface area contributed by atoms with E-state index in [0.29, 0.717) is 4.99 Å². The Bertz CT molecular complexity index is 586. The lowest BCUT2D eigenvalue weighted by Crippen LogP contribution is -2.15. The van der Waals surface area contributed by atoms with Crippen molar-refractivity contribution in [1.82, 2.24) is 14.5 Å². The monoisotopic (exact) mass is 246 g/mol. The summed E-state index contributed by atoms with van der Waals surface area (Å²) in [6, 6.07) is 3.80. The second-order valence-electron chi connectivity index (χ2n) is 3.97. The topological polar surface area (TPSA) is 56.7 Å².